The van der Waals surface area contributed by atoms with Gasteiger partial charge in [-0.1, -0.05) is 102 Å². The first-order valence-corrected chi connectivity index (χ1v) is 13.6. The highest BCUT2D eigenvalue weighted by Gasteiger charge is 2.20. The monoisotopic (exact) mass is 514 g/mol. The van der Waals surface area contributed by atoms with Crippen molar-refractivity contribution < 1.29 is 7.16 Å². The molecule has 0 saturated heterocycles. The van der Waals surface area contributed by atoms with Gasteiger partial charge in [0.05, 0.1) is 16.6 Å². The van der Waals surface area contributed by atoms with Crippen molar-refractivity contribution in [3.8, 4) is 28.2 Å². The largest absolute Gasteiger partial charge is 0.464 e. The minimum absolute atomic E-state index is 0.123. The topological polar surface area (TPSA) is 31.0 Å². The molecule has 6 aromatic rings. The minimum atomic E-state index is -1.50. The lowest BCUT2D eigenvalue weighted by molar-refractivity contribution is 0.411. The van der Waals surface area contributed by atoms with Crippen molar-refractivity contribution in [1.82, 2.24) is 9.55 Å². The maximum absolute atomic E-state index is 8.71. The number of rotatable bonds is 4. The number of fused-ring (bicyclic) bond motifs is 2. The molecule has 3 nitrogen and oxygen atoms in total. The van der Waals surface area contributed by atoms with Crippen molar-refractivity contribution in [3.63, 3.8) is 0 Å². The van der Waals surface area contributed by atoms with Crippen LogP contribution in [-0.2, 0) is 11.8 Å². The Kier molecular flexibility index (Phi) is 5.43. The van der Waals surface area contributed by atoms with Gasteiger partial charge in [0.15, 0.2) is 0 Å². The summed E-state index contributed by atoms with van der Waals surface area (Å²) < 4.78 is 25.6. The number of hydrogen-bond acceptors (Lipinski definition) is 2. The molecule has 0 radical (unpaired) electrons. The average molecular weight is 515 g/mol. The first kappa shape index (κ1) is 22.8. The normalized spacial score (nSPS) is 13.6. The second kappa shape index (κ2) is 9.27. The molecule has 0 amide bonds. The first-order chi connectivity index (χ1) is 19.3. The van der Waals surface area contributed by atoms with Gasteiger partial charge < -0.3 is 4.42 Å². The van der Waals surface area contributed by atoms with E-state index in [9.17, 15) is 0 Å². The van der Waals surface area contributed by atoms with Gasteiger partial charge in [-0.25, -0.2) is 4.98 Å². The molecule has 0 unspecified atom stereocenters. The van der Waals surface area contributed by atoms with Gasteiger partial charge in [-0.15, -0.1) is 0 Å². The van der Waals surface area contributed by atoms with Crippen LogP contribution in [0.25, 0.3) is 50.2 Å². The number of aromatic nitrogens is 2. The van der Waals surface area contributed by atoms with Gasteiger partial charge in [0.1, 0.15) is 17.7 Å². The van der Waals surface area contributed by atoms with Crippen LogP contribution in [0.1, 0.15) is 55.4 Å². The quantitative estimate of drug-likeness (QED) is 0.234. The molecule has 0 aliphatic rings. The van der Waals surface area contributed by atoms with Crippen LogP contribution >= 0.6 is 0 Å². The molecule has 0 aliphatic heterocycles. The third-order valence-corrected chi connectivity index (χ3v) is 7.11. The van der Waals surface area contributed by atoms with Crippen molar-refractivity contribution in [3.05, 3.63) is 108 Å². The zero-order valence-corrected chi connectivity index (χ0v) is 23.5. The maximum Gasteiger partial charge on any atom is 0.149 e. The summed E-state index contributed by atoms with van der Waals surface area (Å²) in [5, 5.41) is 0.908. The first-order valence-electron chi connectivity index (χ1n) is 14.6. The Balaban J connectivity index is 1.44. The van der Waals surface area contributed by atoms with Gasteiger partial charge in [-0.05, 0) is 69.8 Å². The lowest BCUT2D eigenvalue weighted by atomic mass is 9.86. The molecule has 3 heteroatoms. The number of benzene rings is 4. The van der Waals surface area contributed by atoms with Crippen molar-refractivity contribution in [1.29, 1.82) is 0 Å². The minimum Gasteiger partial charge on any atom is -0.464 e. The third-order valence-electron chi connectivity index (χ3n) is 7.11. The maximum atomic E-state index is 8.71. The van der Waals surface area contributed by atoms with Gasteiger partial charge in [-0.3, -0.25) is 4.57 Å². The molecule has 2 aromatic heterocycles. The smallest absolute Gasteiger partial charge is 0.149 e. The Morgan fingerprint density at radius 3 is 2.13 bits per heavy atom. The number of para-hydroxylation sites is 2. The highest BCUT2D eigenvalue weighted by molar-refractivity contribution is 5.95. The molecule has 0 spiro atoms. The van der Waals surface area contributed by atoms with Crippen LogP contribution in [0, 0.1) is 5.41 Å². The highest BCUT2D eigenvalue weighted by Crippen LogP contribution is 2.36. The van der Waals surface area contributed by atoms with Crippen molar-refractivity contribution in [2.75, 3.05) is 0 Å². The van der Waals surface area contributed by atoms with Crippen LogP contribution < -0.4 is 0 Å². The molecular formula is C36H36N2O. The van der Waals surface area contributed by atoms with E-state index >= 15 is 0 Å². The number of imidazole rings is 1. The molecule has 0 saturated carbocycles. The van der Waals surface area contributed by atoms with Crippen LogP contribution in [0.5, 0.6) is 0 Å². The fourth-order valence-corrected chi connectivity index (χ4v) is 5.15. The molecule has 0 fully saturated rings. The van der Waals surface area contributed by atoms with E-state index in [0.29, 0.717) is 11.1 Å². The third kappa shape index (κ3) is 4.90. The van der Waals surface area contributed by atoms with E-state index in [2.05, 4.69) is 79.9 Å². The molecule has 0 bridgehead atoms. The van der Waals surface area contributed by atoms with Gasteiger partial charge in [-0.2, -0.15) is 0 Å². The Morgan fingerprint density at radius 2 is 1.46 bits per heavy atom. The summed E-state index contributed by atoms with van der Waals surface area (Å²) in [6.45, 7) is 12.4. The standard InChI is InChI=1S/C36H36N2O/c1-35(2,3)22-24-11-20-29-30(23-39-33(29)21-24)34-37-31-9-7-8-10-32(31)38(34)28-18-14-26(15-19-28)25-12-16-27(17-13-25)36(4,5)6/h7-21,23H,22H2,1-6H3/i22D2. The zero-order chi connectivity index (χ0) is 29.2. The summed E-state index contributed by atoms with van der Waals surface area (Å²) in [5.41, 5.74) is 8.31. The van der Waals surface area contributed by atoms with Crippen LogP contribution in [0.3, 0.4) is 0 Å². The fraction of sp³-hybridized carbons (Fsp3) is 0.250. The summed E-state index contributed by atoms with van der Waals surface area (Å²) in [6.07, 6.45) is 0.236. The predicted molar refractivity (Wildman–Crippen MR) is 164 cm³/mol. The van der Waals surface area contributed by atoms with E-state index in [1.807, 2.05) is 57.2 Å². The Hall–Kier alpha value is -4.11. The lowest BCUT2D eigenvalue weighted by Crippen LogP contribution is -2.10. The number of nitrogens with zero attached hydrogens (tertiary/aromatic N) is 2. The van der Waals surface area contributed by atoms with Gasteiger partial charge >= 0.3 is 0 Å². The van der Waals surface area contributed by atoms with Crippen LogP contribution in [0.2, 0.25) is 0 Å². The van der Waals surface area contributed by atoms with Gasteiger partial charge in [0.2, 0.25) is 0 Å². The van der Waals surface area contributed by atoms with Crippen LogP contribution in [0.4, 0.5) is 0 Å². The molecule has 39 heavy (non-hydrogen) atoms. The summed E-state index contributed by atoms with van der Waals surface area (Å²) in [7, 11) is 0. The van der Waals surface area contributed by atoms with E-state index < -0.39 is 11.8 Å². The highest BCUT2D eigenvalue weighted by atomic mass is 16.3. The Labute approximate surface area is 233 Å². The van der Waals surface area contributed by atoms with E-state index in [4.69, 9.17) is 12.1 Å². The van der Waals surface area contributed by atoms with Crippen molar-refractivity contribution in [2.24, 2.45) is 5.41 Å². The van der Waals surface area contributed by atoms with Gasteiger partial charge in [0.25, 0.3) is 0 Å². The molecule has 6 rings (SSSR count). The van der Waals surface area contributed by atoms with E-state index in [0.717, 1.165) is 39.1 Å². The number of hydrogen-bond donors (Lipinski definition) is 0. The van der Waals surface area contributed by atoms with E-state index in [1.165, 1.54) is 11.1 Å². The lowest BCUT2D eigenvalue weighted by Gasteiger charge is -2.19. The predicted octanol–water partition coefficient (Wildman–Crippen LogP) is 9.99. The van der Waals surface area contributed by atoms with Gasteiger partial charge in [0, 0.05) is 13.8 Å². The molecule has 4 aromatic carbocycles. The van der Waals surface area contributed by atoms with Crippen molar-refractivity contribution in [2.45, 2.75) is 53.3 Å². The second-order valence-electron chi connectivity index (χ2n) is 12.4. The number of furan rings is 1. The summed E-state index contributed by atoms with van der Waals surface area (Å²) in [5.74, 6) is 0.791. The van der Waals surface area contributed by atoms with E-state index in [1.54, 1.807) is 6.26 Å². The van der Waals surface area contributed by atoms with Crippen LogP contribution in [-0.4, -0.2) is 9.55 Å². The Bertz CT molecular complexity index is 1860. The Morgan fingerprint density at radius 1 is 0.795 bits per heavy atom. The molecule has 0 atom stereocenters. The fourth-order valence-electron chi connectivity index (χ4n) is 5.15. The summed E-state index contributed by atoms with van der Waals surface area (Å²) >= 11 is 0. The molecule has 2 heterocycles. The molecule has 0 N–H and O–H groups in total. The zero-order valence-electron chi connectivity index (χ0n) is 25.5. The van der Waals surface area contributed by atoms with E-state index in [-0.39, 0.29) is 5.41 Å². The van der Waals surface area contributed by atoms with Crippen LogP contribution in [0.15, 0.2) is 102 Å². The summed E-state index contributed by atoms with van der Waals surface area (Å²) in [6, 6.07) is 31.2. The average Bonchev–Trinajstić information content (AvgIpc) is 3.53. The molecule has 196 valence electrons. The second-order valence-corrected chi connectivity index (χ2v) is 12.4. The van der Waals surface area contributed by atoms with Crippen molar-refractivity contribution >= 4 is 22.0 Å². The summed E-state index contributed by atoms with van der Waals surface area (Å²) in [4.78, 5) is 5.03. The molecule has 0 aliphatic carbocycles. The molecular weight excluding hydrogens is 476 g/mol. The SMILES string of the molecule is [2H]C([2H])(c1ccc2c(-c3nc4ccccc4n3-c3ccc(-c4ccc(C(C)(C)C)cc4)cc3)coc2c1)C(C)(C)C.